The van der Waals surface area contributed by atoms with Gasteiger partial charge in [-0.3, -0.25) is 4.79 Å². The third-order valence-electron chi connectivity index (χ3n) is 2.54. The molecular formula is C14H15ClO2. The Hall–Kier alpha value is -1.46. The van der Waals surface area contributed by atoms with Gasteiger partial charge in [-0.2, -0.15) is 0 Å². The number of benzene rings is 1. The standard InChI is InChI=1S/C14H15ClO2/c1-4-5-9-17-13(16)14(2,3)11-7-6-8-12(15)10-11/h1,6-8,10H,5,9H2,2-3H3. The fraction of sp³-hybridized carbons (Fsp3) is 0.357. The average Bonchev–Trinajstić information content (AvgIpc) is 2.29. The van der Waals surface area contributed by atoms with Crippen molar-refractivity contribution in [2.45, 2.75) is 25.7 Å². The van der Waals surface area contributed by atoms with Crippen molar-refractivity contribution in [3.8, 4) is 12.3 Å². The summed E-state index contributed by atoms with van der Waals surface area (Å²) in [6, 6.07) is 7.21. The third-order valence-corrected chi connectivity index (χ3v) is 2.77. The van der Waals surface area contributed by atoms with Gasteiger partial charge in [0.1, 0.15) is 6.61 Å². The molecule has 0 fully saturated rings. The Morgan fingerprint density at radius 1 is 1.53 bits per heavy atom. The quantitative estimate of drug-likeness (QED) is 0.466. The molecule has 0 aliphatic heterocycles. The van der Waals surface area contributed by atoms with Crippen LogP contribution >= 0.6 is 11.6 Å². The molecule has 90 valence electrons. The Kier molecular flexibility index (Phi) is 4.60. The number of carbonyl (C=O) groups excluding carboxylic acids is 1. The van der Waals surface area contributed by atoms with Crippen LogP contribution in [0.3, 0.4) is 0 Å². The van der Waals surface area contributed by atoms with Crippen LogP contribution in [0.2, 0.25) is 5.02 Å². The van der Waals surface area contributed by atoms with Gasteiger partial charge in [0, 0.05) is 11.4 Å². The second-order valence-corrected chi connectivity index (χ2v) is 4.66. The molecule has 0 spiro atoms. The van der Waals surface area contributed by atoms with E-state index in [1.54, 1.807) is 26.0 Å². The number of ether oxygens (including phenoxy) is 1. The second kappa shape index (κ2) is 5.75. The number of hydrogen-bond acceptors (Lipinski definition) is 2. The Labute approximate surface area is 107 Å². The Bertz CT molecular complexity index is 444. The van der Waals surface area contributed by atoms with Gasteiger partial charge in [0.25, 0.3) is 0 Å². The normalized spacial score (nSPS) is 10.7. The summed E-state index contributed by atoms with van der Waals surface area (Å²) < 4.78 is 5.12. The van der Waals surface area contributed by atoms with Crippen LogP contribution in [-0.4, -0.2) is 12.6 Å². The Balaban J connectivity index is 2.80. The SMILES string of the molecule is C#CCCOC(=O)C(C)(C)c1cccc(Cl)c1. The highest BCUT2D eigenvalue weighted by molar-refractivity contribution is 6.30. The van der Waals surface area contributed by atoms with Gasteiger partial charge < -0.3 is 4.74 Å². The summed E-state index contributed by atoms with van der Waals surface area (Å²) >= 11 is 5.90. The molecule has 1 aromatic rings. The first kappa shape index (κ1) is 13.6. The van der Waals surface area contributed by atoms with E-state index in [4.69, 9.17) is 22.8 Å². The first-order valence-electron chi connectivity index (χ1n) is 5.35. The summed E-state index contributed by atoms with van der Waals surface area (Å²) in [4.78, 5) is 11.9. The van der Waals surface area contributed by atoms with Crippen LogP contribution in [0.25, 0.3) is 0 Å². The summed E-state index contributed by atoms with van der Waals surface area (Å²) in [5, 5.41) is 0.604. The van der Waals surface area contributed by atoms with E-state index in [-0.39, 0.29) is 12.6 Å². The van der Waals surface area contributed by atoms with Crippen molar-refractivity contribution in [1.29, 1.82) is 0 Å². The number of terminal acetylenes is 1. The maximum absolute atomic E-state index is 11.9. The van der Waals surface area contributed by atoms with E-state index < -0.39 is 5.41 Å². The minimum Gasteiger partial charge on any atom is -0.464 e. The highest BCUT2D eigenvalue weighted by Gasteiger charge is 2.31. The van der Waals surface area contributed by atoms with Crippen molar-refractivity contribution in [1.82, 2.24) is 0 Å². The summed E-state index contributed by atoms with van der Waals surface area (Å²) in [5.74, 6) is 2.13. The highest BCUT2D eigenvalue weighted by Crippen LogP contribution is 2.26. The van der Waals surface area contributed by atoms with E-state index in [0.29, 0.717) is 11.4 Å². The van der Waals surface area contributed by atoms with Gasteiger partial charge in [-0.05, 0) is 31.5 Å². The first-order valence-corrected chi connectivity index (χ1v) is 5.73. The predicted molar refractivity (Wildman–Crippen MR) is 68.9 cm³/mol. The van der Waals surface area contributed by atoms with Crippen molar-refractivity contribution in [2.75, 3.05) is 6.61 Å². The number of halogens is 1. The molecule has 2 nitrogen and oxygen atoms in total. The lowest BCUT2D eigenvalue weighted by molar-refractivity contribution is -0.149. The molecule has 0 saturated carbocycles. The molecule has 0 atom stereocenters. The summed E-state index contributed by atoms with van der Waals surface area (Å²) in [6.07, 6.45) is 5.52. The van der Waals surface area contributed by atoms with Crippen molar-refractivity contribution in [3.63, 3.8) is 0 Å². The lowest BCUT2D eigenvalue weighted by atomic mass is 9.85. The molecule has 0 unspecified atom stereocenters. The minimum absolute atomic E-state index is 0.249. The van der Waals surface area contributed by atoms with Crippen LogP contribution in [0.15, 0.2) is 24.3 Å². The molecule has 0 aliphatic rings. The lowest BCUT2D eigenvalue weighted by Crippen LogP contribution is -2.31. The van der Waals surface area contributed by atoms with Gasteiger partial charge in [-0.25, -0.2) is 0 Å². The van der Waals surface area contributed by atoms with Crippen LogP contribution in [0.1, 0.15) is 25.8 Å². The monoisotopic (exact) mass is 250 g/mol. The fourth-order valence-corrected chi connectivity index (χ4v) is 1.57. The van der Waals surface area contributed by atoms with E-state index in [1.165, 1.54) is 0 Å². The fourth-order valence-electron chi connectivity index (χ4n) is 1.38. The number of hydrogen-bond donors (Lipinski definition) is 0. The number of esters is 1. The maximum Gasteiger partial charge on any atom is 0.316 e. The topological polar surface area (TPSA) is 26.3 Å². The minimum atomic E-state index is -0.723. The van der Waals surface area contributed by atoms with Crippen molar-refractivity contribution in [2.24, 2.45) is 0 Å². The van der Waals surface area contributed by atoms with Gasteiger partial charge >= 0.3 is 5.97 Å². The highest BCUT2D eigenvalue weighted by atomic mass is 35.5. The lowest BCUT2D eigenvalue weighted by Gasteiger charge is -2.23. The van der Waals surface area contributed by atoms with Crippen LogP contribution in [-0.2, 0) is 14.9 Å². The van der Waals surface area contributed by atoms with Gasteiger partial charge in [0.15, 0.2) is 0 Å². The van der Waals surface area contributed by atoms with Crippen LogP contribution in [0.4, 0.5) is 0 Å². The smallest absolute Gasteiger partial charge is 0.316 e. The number of rotatable bonds is 4. The zero-order valence-corrected chi connectivity index (χ0v) is 10.8. The molecule has 0 N–H and O–H groups in total. The van der Waals surface area contributed by atoms with E-state index in [9.17, 15) is 4.79 Å². The summed E-state index contributed by atoms with van der Waals surface area (Å²) in [5.41, 5.74) is 0.107. The van der Waals surface area contributed by atoms with Crippen LogP contribution < -0.4 is 0 Å². The molecule has 0 radical (unpaired) electrons. The molecule has 1 rings (SSSR count). The zero-order valence-electron chi connectivity index (χ0n) is 10.00. The molecular weight excluding hydrogens is 236 g/mol. The van der Waals surface area contributed by atoms with E-state index in [1.807, 2.05) is 12.1 Å². The Morgan fingerprint density at radius 2 is 2.24 bits per heavy atom. The van der Waals surface area contributed by atoms with Crippen LogP contribution in [0, 0.1) is 12.3 Å². The van der Waals surface area contributed by atoms with E-state index in [2.05, 4.69) is 5.92 Å². The van der Waals surface area contributed by atoms with Gasteiger partial charge in [0.05, 0.1) is 5.41 Å². The van der Waals surface area contributed by atoms with Crippen LogP contribution in [0.5, 0.6) is 0 Å². The summed E-state index contributed by atoms with van der Waals surface area (Å²) in [7, 11) is 0. The molecule has 3 heteroatoms. The molecule has 17 heavy (non-hydrogen) atoms. The maximum atomic E-state index is 11.9. The van der Waals surface area contributed by atoms with Crippen molar-refractivity contribution >= 4 is 17.6 Å². The van der Waals surface area contributed by atoms with Gasteiger partial charge in [0.2, 0.25) is 0 Å². The van der Waals surface area contributed by atoms with Gasteiger partial charge in [-0.15, -0.1) is 12.3 Å². The van der Waals surface area contributed by atoms with Crippen molar-refractivity contribution < 1.29 is 9.53 Å². The van der Waals surface area contributed by atoms with Gasteiger partial charge in [-0.1, -0.05) is 23.7 Å². The predicted octanol–water partition coefficient (Wildman–Crippen LogP) is 3.18. The third kappa shape index (κ3) is 3.51. The largest absolute Gasteiger partial charge is 0.464 e. The first-order chi connectivity index (χ1) is 7.98. The zero-order chi connectivity index (χ0) is 12.9. The molecule has 0 heterocycles. The number of carbonyl (C=O) groups is 1. The summed E-state index contributed by atoms with van der Waals surface area (Å²) in [6.45, 7) is 3.85. The average molecular weight is 251 g/mol. The molecule has 1 aromatic carbocycles. The molecule has 0 aromatic heterocycles. The van der Waals surface area contributed by atoms with E-state index >= 15 is 0 Å². The second-order valence-electron chi connectivity index (χ2n) is 4.23. The molecule has 0 aliphatic carbocycles. The molecule has 0 bridgehead atoms. The van der Waals surface area contributed by atoms with E-state index in [0.717, 1.165) is 5.56 Å². The van der Waals surface area contributed by atoms with Crippen molar-refractivity contribution in [3.05, 3.63) is 34.9 Å². The Morgan fingerprint density at radius 3 is 2.82 bits per heavy atom. The molecule has 0 amide bonds. The molecule has 0 saturated heterocycles.